The van der Waals surface area contributed by atoms with Crippen LogP contribution in [0.4, 0.5) is 0 Å². The summed E-state index contributed by atoms with van der Waals surface area (Å²) in [5.74, 6) is 0.597. The van der Waals surface area contributed by atoms with Gasteiger partial charge in [-0.2, -0.15) is 0 Å². The third kappa shape index (κ3) is 4.02. The maximum absolute atomic E-state index is 11.6. The zero-order valence-electron chi connectivity index (χ0n) is 13.4. The second-order valence-electron chi connectivity index (χ2n) is 5.36. The Hall–Kier alpha value is -2.60. The lowest BCUT2D eigenvalue weighted by Gasteiger charge is -2.23. The number of hydrogen-bond donors (Lipinski definition) is 0. The van der Waals surface area contributed by atoms with Crippen molar-refractivity contribution in [2.24, 2.45) is 0 Å². The minimum atomic E-state index is -0.473. The standard InChI is InChI=1S/C18H19NO5/c1-21-16(20)12-15(18-19-9-11-23-18)13-5-7-14(8-6-13)24-17-4-2-3-10-22-17/h5-9,11-12,17H,2-4,10H2,1H3. The van der Waals surface area contributed by atoms with Crippen molar-refractivity contribution in [3.8, 4) is 5.75 Å². The number of nitrogens with zero attached hydrogens (tertiary/aromatic N) is 1. The summed E-state index contributed by atoms with van der Waals surface area (Å²) in [4.78, 5) is 15.7. The Morgan fingerprint density at radius 2 is 2.12 bits per heavy atom. The van der Waals surface area contributed by atoms with Gasteiger partial charge in [0, 0.05) is 12.5 Å². The number of esters is 1. The van der Waals surface area contributed by atoms with Crippen LogP contribution in [0.3, 0.4) is 0 Å². The fourth-order valence-electron chi connectivity index (χ4n) is 2.47. The maximum Gasteiger partial charge on any atom is 0.331 e. The molecule has 1 aliphatic rings. The van der Waals surface area contributed by atoms with Crippen LogP contribution in [0.1, 0.15) is 30.7 Å². The van der Waals surface area contributed by atoms with Crippen molar-refractivity contribution < 1.29 is 23.4 Å². The normalized spacial score (nSPS) is 18.2. The van der Waals surface area contributed by atoms with Crippen LogP contribution in [0, 0.1) is 0 Å². The second-order valence-corrected chi connectivity index (χ2v) is 5.36. The first kappa shape index (κ1) is 16.3. The van der Waals surface area contributed by atoms with E-state index in [1.54, 1.807) is 0 Å². The lowest BCUT2D eigenvalue weighted by Crippen LogP contribution is -2.24. The Morgan fingerprint density at radius 3 is 2.75 bits per heavy atom. The molecule has 1 atom stereocenters. The number of methoxy groups -OCH3 is 1. The van der Waals surface area contributed by atoms with Gasteiger partial charge in [-0.05, 0) is 30.5 Å². The summed E-state index contributed by atoms with van der Waals surface area (Å²) >= 11 is 0. The molecule has 1 unspecified atom stereocenters. The smallest absolute Gasteiger partial charge is 0.331 e. The van der Waals surface area contributed by atoms with Crippen LogP contribution in [0.15, 0.2) is 47.2 Å². The third-order valence-electron chi connectivity index (χ3n) is 3.70. The minimum Gasteiger partial charge on any atom is -0.466 e. The van der Waals surface area contributed by atoms with Crippen molar-refractivity contribution in [1.29, 1.82) is 0 Å². The number of hydrogen-bond acceptors (Lipinski definition) is 6. The molecular weight excluding hydrogens is 310 g/mol. The fraction of sp³-hybridized carbons (Fsp3) is 0.333. The first-order valence-electron chi connectivity index (χ1n) is 7.84. The largest absolute Gasteiger partial charge is 0.466 e. The molecule has 1 aromatic carbocycles. The van der Waals surface area contributed by atoms with Gasteiger partial charge < -0.3 is 18.6 Å². The molecule has 2 aromatic rings. The Morgan fingerprint density at radius 1 is 1.29 bits per heavy atom. The average Bonchev–Trinajstić information content (AvgIpc) is 3.15. The number of carbonyl (C=O) groups is 1. The molecule has 0 saturated carbocycles. The van der Waals surface area contributed by atoms with Crippen LogP contribution in [-0.4, -0.2) is 31.0 Å². The highest BCUT2D eigenvalue weighted by Crippen LogP contribution is 2.26. The number of carbonyl (C=O) groups excluding carboxylic acids is 1. The molecule has 0 bridgehead atoms. The zero-order valence-corrected chi connectivity index (χ0v) is 13.4. The van der Waals surface area contributed by atoms with Crippen molar-refractivity contribution in [1.82, 2.24) is 4.98 Å². The quantitative estimate of drug-likeness (QED) is 0.620. The van der Waals surface area contributed by atoms with Gasteiger partial charge in [0.15, 0.2) is 6.29 Å². The lowest BCUT2D eigenvalue weighted by atomic mass is 10.1. The lowest BCUT2D eigenvalue weighted by molar-refractivity contribution is -0.134. The van der Waals surface area contributed by atoms with Crippen LogP contribution in [0.2, 0.25) is 0 Å². The molecule has 3 rings (SSSR count). The van der Waals surface area contributed by atoms with E-state index in [1.807, 2.05) is 24.3 Å². The van der Waals surface area contributed by atoms with Gasteiger partial charge in [0.1, 0.15) is 12.0 Å². The molecule has 2 heterocycles. The van der Waals surface area contributed by atoms with E-state index in [0.717, 1.165) is 37.2 Å². The van der Waals surface area contributed by atoms with Crippen LogP contribution < -0.4 is 4.74 Å². The summed E-state index contributed by atoms with van der Waals surface area (Å²) in [6.07, 6.45) is 7.23. The van der Waals surface area contributed by atoms with E-state index in [0.29, 0.717) is 11.5 Å². The maximum atomic E-state index is 11.6. The van der Waals surface area contributed by atoms with Crippen molar-refractivity contribution in [2.75, 3.05) is 13.7 Å². The van der Waals surface area contributed by atoms with Crippen molar-refractivity contribution in [3.63, 3.8) is 0 Å². The first-order valence-corrected chi connectivity index (χ1v) is 7.84. The van der Waals surface area contributed by atoms with Crippen LogP contribution >= 0.6 is 0 Å². The predicted molar refractivity (Wildman–Crippen MR) is 86.3 cm³/mol. The van der Waals surface area contributed by atoms with Crippen molar-refractivity contribution in [3.05, 3.63) is 54.3 Å². The zero-order chi connectivity index (χ0) is 16.8. The molecule has 1 aromatic heterocycles. The molecular formula is C18H19NO5. The highest BCUT2D eigenvalue weighted by atomic mass is 16.7. The molecule has 126 valence electrons. The van der Waals surface area contributed by atoms with E-state index in [2.05, 4.69) is 4.98 Å². The molecule has 24 heavy (non-hydrogen) atoms. The minimum absolute atomic E-state index is 0.193. The SMILES string of the molecule is COC(=O)C=C(c1ccc(OC2CCCCO2)cc1)c1ncco1. The molecule has 0 spiro atoms. The topological polar surface area (TPSA) is 70.8 Å². The number of oxazole rings is 1. The predicted octanol–water partition coefficient (Wildman–Crippen LogP) is 3.18. The van der Waals surface area contributed by atoms with Gasteiger partial charge >= 0.3 is 5.97 Å². The van der Waals surface area contributed by atoms with Crippen LogP contribution in [0.5, 0.6) is 5.75 Å². The molecule has 1 aliphatic heterocycles. The summed E-state index contributed by atoms with van der Waals surface area (Å²) in [6, 6.07) is 7.36. The molecule has 6 nitrogen and oxygen atoms in total. The third-order valence-corrected chi connectivity index (χ3v) is 3.70. The Balaban J connectivity index is 1.78. The Labute approximate surface area is 140 Å². The Bertz CT molecular complexity index is 685. The van der Waals surface area contributed by atoms with E-state index in [1.165, 1.54) is 25.6 Å². The van der Waals surface area contributed by atoms with Gasteiger partial charge in [-0.1, -0.05) is 12.1 Å². The number of rotatable bonds is 5. The van der Waals surface area contributed by atoms with E-state index >= 15 is 0 Å². The van der Waals surface area contributed by atoms with Crippen LogP contribution in [-0.2, 0) is 14.3 Å². The monoisotopic (exact) mass is 329 g/mol. The number of benzene rings is 1. The average molecular weight is 329 g/mol. The summed E-state index contributed by atoms with van der Waals surface area (Å²) in [6.45, 7) is 0.735. The molecule has 1 fully saturated rings. The molecule has 0 N–H and O–H groups in total. The highest BCUT2D eigenvalue weighted by Gasteiger charge is 2.16. The molecule has 0 radical (unpaired) electrons. The Kier molecular flexibility index (Phi) is 5.28. The summed E-state index contributed by atoms with van der Waals surface area (Å²) in [7, 11) is 1.33. The van der Waals surface area contributed by atoms with Gasteiger partial charge in [-0.3, -0.25) is 0 Å². The summed E-state index contributed by atoms with van der Waals surface area (Å²) in [5.41, 5.74) is 1.33. The van der Waals surface area contributed by atoms with Gasteiger partial charge in [-0.15, -0.1) is 0 Å². The molecule has 0 aliphatic carbocycles. The highest BCUT2D eigenvalue weighted by molar-refractivity contribution is 5.94. The van der Waals surface area contributed by atoms with E-state index in [9.17, 15) is 4.79 Å². The molecule has 6 heteroatoms. The fourth-order valence-corrected chi connectivity index (χ4v) is 2.47. The first-order chi connectivity index (χ1) is 11.8. The summed E-state index contributed by atoms with van der Waals surface area (Å²) in [5, 5.41) is 0. The van der Waals surface area contributed by atoms with Crippen molar-refractivity contribution in [2.45, 2.75) is 25.6 Å². The molecule has 0 amide bonds. The van der Waals surface area contributed by atoms with E-state index < -0.39 is 5.97 Å². The van der Waals surface area contributed by atoms with E-state index in [4.69, 9.17) is 18.6 Å². The van der Waals surface area contributed by atoms with E-state index in [-0.39, 0.29) is 6.29 Å². The number of aromatic nitrogens is 1. The van der Waals surface area contributed by atoms with Gasteiger partial charge in [0.2, 0.25) is 5.89 Å². The van der Waals surface area contributed by atoms with Gasteiger partial charge in [0.05, 0.1) is 25.5 Å². The van der Waals surface area contributed by atoms with Crippen molar-refractivity contribution >= 4 is 11.5 Å². The number of ether oxygens (including phenoxy) is 3. The summed E-state index contributed by atoms with van der Waals surface area (Å²) < 4.78 is 21.4. The second kappa shape index (κ2) is 7.79. The van der Waals surface area contributed by atoms with Gasteiger partial charge in [-0.25, -0.2) is 9.78 Å². The van der Waals surface area contributed by atoms with Crippen LogP contribution in [0.25, 0.3) is 5.57 Å². The van der Waals surface area contributed by atoms with Gasteiger partial charge in [0.25, 0.3) is 0 Å². The molecule has 1 saturated heterocycles.